The van der Waals surface area contributed by atoms with Crippen LogP contribution in [0.5, 0.6) is 0 Å². The lowest BCUT2D eigenvalue weighted by atomic mass is 9.75. The molecule has 0 aliphatic heterocycles. The van der Waals surface area contributed by atoms with Crippen LogP contribution >= 0.6 is 11.8 Å². The molecule has 1 aromatic heterocycles. The summed E-state index contributed by atoms with van der Waals surface area (Å²) in [5, 5.41) is 10.5. The van der Waals surface area contributed by atoms with Gasteiger partial charge in [0.2, 0.25) is 0 Å². The Morgan fingerprint density at radius 2 is 2.00 bits per heavy atom. The number of fused-ring (bicyclic) bond motifs is 1. The highest BCUT2D eigenvalue weighted by molar-refractivity contribution is 8.00. The highest BCUT2D eigenvalue weighted by atomic mass is 32.2. The first-order chi connectivity index (χ1) is 9.77. The van der Waals surface area contributed by atoms with Crippen LogP contribution in [0.25, 0.3) is 0 Å². The van der Waals surface area contributed by atoms with Gasteiger partial charge < -0.3 is 9.67 Å². The number of thioether (sulfide) groups is 1. The molecule has 1 heterocycles. The molecule has 21 heavy (non-hydrogen) atoms. The fourth-order valence-electron chi connectivity index (χ4n) is 3.73. The zero-order chi connectivity index (χ0) is 15.8. The maximum atomic E-state index is 10.5. The molecule has 0 amide bonds. The molecule has 0 spiro atoms. The molecule has 0 aromatic carbocycles. The van der Waals surface area contributed by atoms with Gasteiger partial charge in [0.15, 0.2) is 0 Å². The van der Waals surface area contributed by atoms with Gasteiger partial charge in [0.05, 0.1) is 6.10 Å². The summed E-state index contributed by atoms with van der Waals surface area (Å²) in [6, 6.07) is 2.21. The Kier molecular flexibility index (Phi) is 4.84. The molecule has 2 rings (SSSR count). The van der Waals surface area contributed by atoms with Crippen molar-refractivity contribution in [2.24, 2.45) is 5.41 Å². The standard InChI is InChI=1S/C18H31NOS/c1-7-18(8-2,21-6)12-19-13(3)9-14-15(19)10-17(4,5)11-16(14)20/h9,16,20H,7-8,10-12H2,1-6H3. The molecule has 2 nitrogen and oxygen atoms in total. The highest BCUT2D eigenvalue weighted by Crippen LogP contribution is 2.43. The number of aryl methyl sites for hydroxylation is 1. The Bertz CT molecular complexity index is 491. The van der Waals surface area contributed by atoms with Crippen LogP contribution in [0, 0.1) is 12.3 Å². The molecule has 1 N–H and O–H groups in total. The molecule has 1 aromatic rings. The second kappa shape index (κ2) is 6.00. The van der Waals surface area contributed by atoms with Crippen LogP contribution in [0.4, 0.5) is 0 Å². The van der Waals surface area contributed by atoms with Crippen molar-refractivity contribution >= 4 is 11.8 Å². The van der Waals surface area contributed by atoms with E-state index < -0.39 is 0 Å². The maximum absolute atomic E-state index is 10.5. The van der Waals surface area contributed by atoms with E-state index in [9.17, 15) is 5.11 Å². The summed E-state index contributed by atoms with van der Waals surface area (Å²) in [7, 11) is 0. The highest BCUT2D eigenvalue weighted by Gasteiger charge is 2.35. The SMILES string of the molecule is CCC(CC)(Cn1c(C)cc2c1CC(C)(C)CC2O)SC. The quantitative estimate of drug-likeness (QED) is 0.851. The van der Waals surface area contributed by atoms with E-state index in [2.05, 4.69) is 51.5 Å². The van der Waals surface area contributed by atoms with Crippen molar-refractivity contribution in [1.29, 1.82) is 0 Å². The molecule has 1 aliphatic rings. The van der Waals surface area contributed by atoms with Crippen molar-refractivity contribution < 1.29 is 5.11 Å². The Hall–Kier alpha value is -0.410. The number of nitrogens with zero attached hydrogens (tertiary/aromatic N) is 1. The third-order valence-corrected chi connectivity index (χ3v) is 6.94. The van der Waals surface area contributed by atoms with Crippen LogP contribution in [-0.4, -0.2) is 20.7 Å². The Labute approximate surface area is 134 Å². The average Bonchev–Trinajstić information content (AvgIpc) is 2.72. The van der Waals surface area contributed by atoms with Crippen molar-refractivity contribution in [3.8, 4) is 0 Å². The average molecular weight is 310 g/mol. The van der Waals surface area contributed by atoms with Gasteiger partial charge in [-0.05, 0) is 50.3 Å². The van der Waals surface area contributed by atoms with Crippen LogP contribution in [0.2, 0.25) is 0 Å². The first-order valence-electron chi connectivity index (χ1n) is 8.19. The molecule has 0 bridgehead atoms. The van der Waals surface area contributed by atoms with Crippen LogP contribution in [0.3, 0.4) is 0 Å². The zero-order valence-corrected chi connectivity index (χ0v) is 15.3. The fourth-order valence-corrected chi connectivity index (χ4v) is 4.57. The zero-order valence-electron chi connectivity index (χ0n) is 14.5. The smallest absolute Gasteiger partial charge is 0.0812 e. The lowest BCUT2D eigenvalue weighted by Crippen LogP contribution is -2.33. The van der Waals surface area contributed by atoms with E-state index in [4.69, 9.17) is 0 Å². The predicted octanol–water partition coefficient (Wildman–Crippen LogP) is 4.72. The molecular weight excluding hydrogens is 278 g/mol. The Morgan fingerprint density at radius 1 is 1.38 bits per heavy atom. The molecule has 0 saturated heterocycles. The number of hydrogen-bond acceptors (Lipinski definition) is 2. The largest absolute Gasteiger partial charge is 0.388 e. The van der Waals surface area contributed by atoms with Gasteiger partial charge in [0.1, 0.15) is 0 Å². The monoisotopic (exact) mass is 309 g/mol. The van der Waals surface area contributed by atoms with Crippen LogP contribution in [0.1, 0.15) is 70.0 Å². The fraction of sp³-hybridized carbons (Fsp3) is 0.778. The maximum Gasteiger partial charge on any atom is 0.0812 e. The molecule has 120 valence electrons. The molecular formula is C18H31NOS. The summed E-state index contributed by atoms with van der Waals surface area (Å²) >= 11 is 1.99. The summed E-state index contributed by atoms with van der Waals surface area (Å²) < 4.78 is 2.80. The van der Waals surface area contributed by atoms with E-state index >= 15 is 0 Å². The second-order valence-corrected chi connectivity index (χ2v) is 8.70. The van der Waals surface area contributed by atoms with Gasteiger partial charge >= 0.3 is 0 Å². The minimum absolute atomic E-state index is 0.190. The minimum Gasteiger partial charge on any atom is -0.388 e. The predicted molar refractivity (Wildman–Crippen MR) is 93.1 cm³/mol. The second-order valence-electron chi connectivity index (χ2n) is 7.43. The van der Waals surface area contributed by atoms with Crippen LogP contribution in [0.15, 0.2) is 6.07 Å². The number of aliphatic hydroxyl groups excluding tert-OH is 1. The molecule has 3 heteroatoms. The first-order valence-corrected chi connectivity index (χ1v) is 9.42. The minimum atomic E-state index is -0.296. The van der Waals surface area contributed by atoms with E-state index in [-0.39, 0.29) is 11.5 Å². The van der Waals surface area contributed by atoms with E-state index in [1.165, 1.54) is 29.8 Å². The molecule has 0 saturated carbocycles. The van der Waals surface area contributed by atoms with Gasteiger partial charge in [-0.1, -0.05) is 27.7 Å². The van der Waals surface area contributed by atoms with E-state index in [1.54, 1.807) is 0 Å². The number of hydrogen-bond donors (Lipinski definition) is 1. The summed E-state index contributed by atoms with van der Waals surface area (Å²) in [4.78, 5) is 0. The van der Waals surface area contributed by atoms with Gasteiger partial charge in [-0.25, -0.2) is 0 Å². The molecule has 1 unspecified atom stereocenters. The summed E-state index contributed by atoms with van der Waals surface area (Å²) in [6.07, 6.45) is 6.25. The van der Waals surface area contributed by atoms with Crippen LogP contribution in [-0.2, 0) is 13.0 Å². The van der Waals surface area contributed by atoms with E-state index in [0.717, 1.165) is 19.4 Å². The third-order valence-electron chi connectivity index (χ3n) is 5.37. The van der Waals surface area contributed by atoms with Gasteiger partial charge in [-0.3, -0.25) is 0 Å². The topological polar surface area (TPSA) is 25.2 Å². The van der Waals surface area contributed by atoms with Crippen LogP contribution < -0.4 is 0 Å². The van der Waals surface area contributed by atoms with Gasteiger partial charge in [0.25, 0.3) is 0 Å². The van der Waals surface area contributed by atoms with Crippen molar-refractivity contribution in [1.82, 2.24) is 4.57 Å². The van der Waals surface area contributed by atoms with Gasteiger partial charge in [-0.15, -0.1) is 0 Å². The van der Waals surface area contributed by atoms with Gasteiger partial charge in [0, 0.05) is 28.2 Å². The Balaban J connectivity index is 2.42. The summed E-state index contributed by atoms with van der Waals surface area (Å²) in [6.45, 7) is 12.4. The van der Waals surface area contributed by atoms with E-state index in [1.807, 2.05) is 11.8 Å². The molecule has 0 radical (unpaired) electrons. The van der Waals surface area contributed by atoms with Crippen molar-refractivity contribution in [2.75, 3.05) is 6.26 Å². The lowest BCUT2D eigenvalue weighted by molar-refractivity contribution is 0.0977. The first kappa shape index (κ1) is 17.0. The van der Waals surface area contributed by atoms with Crippen molar-refractivity contribution in [3.63, 3.8) is 0 Å². The lowest BCUT2D eigenvalue weighted by Gasteiger charge is -2.36. The normalized spacial score (nSPS) is 21.4. The van der Waals surface area contributed by atoms with Crippen molar-refractivity contribution in [3.05, 3.63) is 23.0 Å². The summed E-state index contributed by atoms with van der Waals surface area (Å²) in [5.74, 6) is 0. The Morgan fingerprint density at radius 3 is 2.52 bits per heavy atom. The summed E-state index contributed by atoms with van der Waals surface area (Å²) in [5.41, 5.74) is 4.04. The van der Waals surface area contributed by atoms with Crippen molar-refractivity contribution in [2.45, 2.75) is 77.7 Å². The van der Waals surface area contributed by atoms with E-state index in [0.29, 0.717) is 4.75 Å². The third kappa shape index (κ3) is 3.19. The molecule has 0 fully saturated rings. The molecule has 1 aliphatic carbocycles. The van der Waals surface area contributed by atoms with Gasteiger partial charge in [-0.2, -0.15) is 11.8 Å². The number of aromatic nitrogens is 1. The number of aliphatic hydroxyl groups is 1. The number of rotatable bonds is 5. The molecule has 1 atom stereocenters.